The number of hydrogen-bond donors (Lipinski definition) is 7. The molecule has 7 atom stereocenters. The van der Waals surface area contributed by atoms with Gasteiger partial charge in [-0.05, 0) is 89.9 Å². The topological polar surface area (TPSA) is 324 Å². The number of benzene rings is 3. The Bertz CT molecular complexity index is 3330. The van der Waals surface area contributed by atoms with Crippen LogP contribution in [0.1, 0.15) is 110 Å². The lowest BCUT2D eigenvalue weighted by atomic mass is 9.68. The average Bonchev–Trinajstić information content (AvgIpc) is 3.76. The van der Waals surface area contributed by atoms with E-state index in [2.05, 4.69) is 119 Å². The van der Waals surface area contributed by atoms with Gasteiger partial charge >= 0.3 is 15.6 Å². The number of phosphoric acid groups is 3. The second kappa shape index (κ2) is 24.2. The van der Waals surface area contributed by atoms with Crippen molar-refractivity contribution in [3.63, 3.8) is 0 Å². The van der Waals surface area contributed by atoms with Crippen molar-refractivity contribution in [3.8, 4) is 0 Å². The molecule has 0 bridgehead atoms. The summed E-state index contributed by atoms with van der Waals surface area (Å²) in [5.41, 5.74) is 8.82. The molecule has 24 nitrogen and oxygen atoms in total. The van der Waals surface area contributed by atoms with Gasteiger partial charge in [-0.15, -0.1) is 0 Å². The number of ether oxygens (including phenoxy) is 1. The molecule has 2 amide bonds. The van der Waals surface area contributed by atoms with Crippen LogP contribution < -0.4 is 35.6 Å². The number of carbonyl (C=O) groups is 2. The fourth-order valence-electron chi connectivity index (χ4n) is 10.4. The molecule has 2 aliphatic heterocycles. The Morgan fingerprint density at radius 1 is 0.897 bits per heavy atom. The highest BCUT2D eigenvalue weighted by Gasteiger charge is 2.47. The van der Waals surface area contributed by atoms with Crippen molar-refractivity contribution < 1.29 is 71.0 Å². The zero-order chi connectivity index (χ0) is 56.3. The van der Waals surface area contributed by atoms with Gasteiger partial charge < -0.3 is 55.0 Å². The molecule has 3 aromatic carbocycles. The number of aliphatic hydroxyl groups is 2. The molecule has 8 rings (SSSR count). The van der Waals surface area contributed by atoms with Gasteiger partial charge in [0.1, 0.15) is 37.7 Å². The van der Waals surface area contributed by atoms with E-state index in [1.54, 1.807) is 11.9 Å². The minimum absolute atomic E-state index is 0.0809. The van der Waals surface area contributed by atoms with E-state index < -0.39 is 54.6 Å². The summed E-state index contributed by atoms with van der Waals surface area (Å²) >= 11 is 0. The fraction of sp³-hybridized carbons (Fsp3) is 0.490. The van der Waals surface area contributed by atoms with E-state index in [0.717, 1.165) is 74.0 Å². The minimum atomic E-state index is -5.86. The normalized spacial score (nSPS) is 20.9. The third-order valence-electron chi connectivity index (χ3n) is 14.4. The summed E-state index contributed by atoms with van der Waals surface area (Å²) in [4.78, 5) is 82.6. The van der Waals surface area contributed by atoms with Crippen LogP contribution in [0, 0.1) is 0 Å². The number of aliphatic hydroxyl groups excluding tert-OH is 2. The quantitative estimate of drug-likeness (QED) is 0.0265. The Morgan fingerprint density at radius 3 is 2.37 bits per heavy atom. The molecule has 7 N–H and O–H groups in total. The Kier molecular flexibility index (Phi) is 18.3. The summed E-state index contributed by atoms with van der Waals surface area (Å²) in [7, 11) is -11.3. The van der Waals surface area contributed by atoms with Gasteiger partial charge in [-0.3, -0.25) is 23.2 Å². The third-order valence-corrected chi connectivity index (χ3v) is 18.2. The number of carbonyl (C=O) groups excluding carboxylic acids is 2. The summed E-state index contributed by atoms with van der Waals surface area (Å²) in [6.07, 6.45) is 2.34. The highest BCUT2D eigenvalue weighted by Crippen LogP contribution is 2.65. The number of fused-ring (bicyclic) bond motifs is 4. The SMILES string of the molecule is CC[N+]1=c2cc3c(cc2CCC1)=C(c1ccccc1C(=O)N(C)CCCC(=O)NCCCCCCNc1ncnc2c1ncn2[C@@H]1O[C@H](COP(=O)(O)OP(=O)(O)OP(=O)([O-])O)[C@@H](O)[C@H]1O)c1ccc(N(C)C)cc1C3(C)C. The van der Waals surface area contributed by atoms with Crippen LogP contribution in [0.5, 0.6) is 0 Å². The Hall–Kier alpha value is -5.29. The number of amides is 2. The smallest absolute Gasteiger partial charge is 0.487 e. The number of unbranched alkanes of at least 4 members (excludes halogenated alkanes) is 3. The molecule has 4 heterocycles. The molecular formula is C51H68N9O15P3. The van der Waals surface area contributed by atoms with Crippen LogP contribution >= 0.6 is 23.5 Å². The Morgan fingerprint density at radius 2 is 1.64 bits per heavy atom. The lowest BCUT2D eigenvalue weighted by molar-refractivity contribution is -0.212. The van der Waals surface area contributed by atoms with Crippen LogP contribution in [0.2, 0.25) is 0 Å². The highest BCUT2D eigenvalue weighted by atomic mass is 31.3. The first kappa shape index (κ1) is 58.8. The predicted molar refractivity (Wildman–Crippen MR) is 287 cm³/mol. The van der Waals surface area contributed by atoms with Crippen molar-refractivity contribution in [1.82, 2.24) is 34.3 Å². The summed E-state index contributed by atoms with van der Waals surface area (Å²) in [5, 5.41) is 30.1. The van der Waals surface area contributed by atoms with E-state index >= 15 is 0 Å². The number of nitrogens with one attached hydrogen (secondary N) is 2. The van der Waals surface area contributed by atoms with Crippen molar-refractivity contribution in [2.45, 2.75) is 102 Å². The zero-order valence-corrected chi connectivity index (χ0v) is 47.0. The zero-order valence-electron chi connectivity index (χ0n) is 44.4. The van der Waals surface area contributed by atoms with Gasteiger partial charge in [-0.1, -0.05) is 51.0 Å². The Labute approximate surface area is 451 Å². The summed E-state index contributed by atoms with van der Waals surface area (Å²) in [6, 6.07) is 19.3. The lowest BCUT2D eigenvalue weighted by Crippen LogP contribution is -2.43. The first-order chi connectivity index (χ1) is 36.9. The molecule has 1 fully saturated rings. The van der Waals surface area contributed by atoms with Gasteiger partial charge in [-0.2, -0.15) is 4.31 Å². The molecular weight excluding hydrogens is 1070 g/mol. The predicted octanol–water partition coefficient (Wildman–Crippen LogP) is 3.21. The van der Waals surface area contributed by atoms with Gasteiger partial charge in [0.25, 0.3) is 13.7 Å². The molecule has 1 saturated heterocycles. The Balaban J connectivity index is 0.798. The molecule has 3 unspecified atom stereocenters. The second-order valence-corrected chi connectivity index (χ2v) is 24.7. The molecule has 3 aliphatic rings. The van der Waals surface area contributed by atoms with Crippen LogP contribution in [0.3, 0.4) is 0 Å². The highest BCUT2D eigenvalue weighted by molar-refractivity contribution is 7.66. The first-order valence-electron chi connectivity index (χ1n) is 25.8. The molecule has 0 spiro atoms. The van der Waals surface area contributed by atoms with Crippen LogP contribution in [-0.4, -0.2) is 140 Å². The maximum absolute atomic E-state index is 14.4. The van der Waals surface area contributed by atoms with Crippen LogP contribution in [0.25, 0.3) is 16.7 Å². The van der Waals surface area contributed by atoms with Gasteiger partial charge in [0.05, 0.1) is 12.9 Å². The number of rotatable bonds is 24. The number of aromatic nitrogens is 4. The van der Waals surface area contributed by atoms with Crippen LogP contribution in [0.15, 0.2) is 67.3 Å². The minimum Gasteiger partial charge on any atom is -0.756 e. The van der Waals surface area contributed by atoms with Crippen molar-refractivity contribution in [1.29, 1.82) is 0 Å². The van der Waals surface area contributed by atoms with Crippen molar-refractivity contribution >= 4 is 63.5 Å². The van der Waals surface area contributed by atoms with E-state index in [-0.39, 0.29) is 29.3 Å². The van der Waals surface area contributed by atoms with Gasteiger partial charge in [0.2, 0.25) is 11.3 Å². The first-order valence-corrected chi connectivity index (χ1v) is 30.3. The molecule has 78 heavy (non-hydrogen) atoms. The largest absolute Gasteiger partial charge is 0.756 e. The van der Waals surface area contributed by atoms with Crippen molar-refractivity contribution in [3.05, 3.63) is 111 Å². The lowest BCUT2D eigenvalue weighted by Gasteiger charge is -2.36. The average molecular weight is 1140 g/mol. The maximum Gasteiger partial charge on any atom is 0.487 e. The molecule has 27 heteroatoms. The number of aryl methyl sites for hydroxylation is 1. The molecule has 0 radical (unpaired) electrons. The van der Waals surface area contributed by atoms with E-state index in [1.807, 2.05) is 18.2 Å². The van der Waals surface area contributed by atoms with Gasteiger partial charge in [-0.25, -0.2) is 33.0 Å². The number of anilines is 2. The monoisotopic (exact) mass is 1140 g/mol. The van der Waals surface area contributed by atoms with Crippen molar-refractivity contribution in [2.75, 3.05) is 70.7 Å². The van der Waals surface area contributed by atoms with E-state index in [0.29, 0.717) is 43.0 Å². The molecule has 2 aromatic heterocycles. The number of nitrogens with zero attached hydrogens (tertiary/aromatic N) is 7. The standard InChI is InChI=1S/C51H68N9O15P3/c1-7-59-25-14-16-32-26-37-39(28-40(32)59)51(2,3)38-27-33(57(4)5)20-21-36(38)43(37)34-17-10-11-18-35(34)49(64)58(6)24-15-19-42(61)52-22-12-8-9-13-23-53-47-44-48(55-30-54-47)60(31-56-44)50-46(63)45(62)41(73-50)29-72-77(68,69)75-78(70,71)74-76(65,66)67/h10-11,17-18,20-21,26-28,30-31,41,45-46,50,62-63H,7-9,12-16,19,22-25,29H2,1-6H3,(H5-,52,53,54,55,61,65,66,67,68,69,70,71)/t41-,45-,46-,50-/m1/s1. The molecule has 422 valence electrons. The van der Waals surface area contributed by atoms with E-state index in [9.17, 15) is 48.2 Å². The second-order valence-electron chi connectivity index (χ2n) is 20.4. The van der Waals surface area contributed by atoms with Crippen LogP contribution in [0.4, 0.5) is 11.5 Å². The fourth-order valence-corrected chi connectivity index (χ4v) is 13.4. The molecule has 0 saturated carbocycles. The molecule has 5 aromatic rings. The summed E-state index contributed by atoms with van der Waals surface area (Å²) in [6.45, 7) is 9.22. The van der Waals surface area contributed by atoms with E-state index in [1.165, 1.54) is 44.5 Å². The number of hydrogen-bond acceptors (Lipinski definition) is 17. The van der Waals surface area contributed by atoms with E-state index in [4.69, 9.17) is 9.63 Å². The number of imidazole rings is 1. The summed E-state index contributed by atoms with van der Waals surface area (Å²) < 4.78 is 55.8. The van der Waals surface area contributed by atoms with Crippen molar-refractivity contribution in [2.24, 2.45) is 0 Å². The van der Waals surface area contributed by atoms with Gasteiger partial charge in [0.15, 0.2) is 23.2 Å². The summed E-state index contributed by atoms with van der Waals surface area (Å²) in [5.74, 6) is 0.191. The number of phosphoric ester groups is 1. The van der Waals surface area contributed by atoms with Crippen LogP contribution in [-0.2, 0) is 48.2 Å². The van der Waals surface area contributed by atoms with Gasteiger partial charge in [0, 0.05) is 81.9 Å². The maximum atomic E-state index is 14.4. The molecule has 1 aliphatic carbocycles. The third kappa shape index (κ3) is 13.3.